The molecule has 0 saturated carbocycles. The number of benzene rings is 1. The summed E-state index contributed by atoms with van der Waals surface area (Å²) in [5.74, 6) is -0.207. The summed E-state index contributed by atoms with van der Waals surface area (Å²) in [6.07, 6.45) is 0.332. The number of anilines is 1. The highest BCUT2D eigenvalue weighted by atomic mass is 16.2. The van der Waals surface area contributed by atoms with Crippen molar-refractivity contribution in [3.8, 4) is 0 Å². The number of hydrogen-bond donors (Lipinski definition) is 3. The molecular weight excluding hydrogens is 230 g/mol. The molecule has 18 heavy (non-hydrogen) atoms. The highest BCUT2D eigenvalue weighted by molar-refractivity contribution is 6.01. The zero-order valence-electron chi connectivity index (χ0n) is 10.5. The van der Waals surface area contributed by atoms with Crippen LogP contribution in [-0.2, 0) is 11.2 Å². The van der Waals surface area contributed by atoms with Crippen LogP contribution in [0.4, 0.5) is 5.69 Å². The van der Waals surface area contributed by atoms with Crippen LogP contribution >= 0.6 is 0 Å². The number of fused-ring (bicyclic) bond motifs is 1. The second-order valence-electron chi connectivity index (χ2n) is 5.27. The van der Waals surface area contributed by atoms with Crippen LogP contribution in [0.5, 0.6) is 0 Å². The zero-order chi connectivity index (χ0) is 13.3. The monoisotopic (exact) mass is 247 g/mol. The summed E-state index contributed by atoms with van der Waals surface area (Å²) in [6, 6.07) is 5.19. The average Bonchev–Trinajstić information content (AvgIpc) is 2.63. The van der Waals surface area contributed by atoms with Crippen LogP contribution in [0.3, 0.4) is 0 Å². The Kier molecular flexibility index (Phi) is 3.09. The Labute approximate surface area is 106 Å². The molecule has 96 valence electrons. The van der Waals surface area contributed by atoms with Crippen molar-refractivity contribution in [2.75, 3.05) is 11.9 Å². The second kappa shape index (κ2) is 4.42. The van der Waals surface area contributed by atoms with Gasteiger partial charge in [0.2, 0.25) is 5.91 Å². The third-order valence-corrected chi connectivity index (χ3v) is 2.70. The molecule has 2 amide bonds. The predicted octanol–water partition coefficient (Wildman–Crippen LogP) is 0.648. The van der Waals surface area contributed by atoms with E-state index >= 15 is 0 Å². The smallest absolute Gasteiger partial charge is 0.251 e. The summed E-state index contributed by atoms with van der Waals surface area (Å²) >= 11 is 0. The Bertz CT molecular complexity index is 503. The van der Waals surface area contributed by atoms with E-state index in [0.29, 0.717) is 18.5 Å². The van der Waals surface area contributed by atoms with Gasteiger partial charge in [-0.2, -0.15) is 0 Å². The molecule has 5 nitrogen and oxygen atoms in total. The molecule has 2 rings (SSSR count). The van der Waals surface area contributed by atoms with Crippen LogP contribution in [0, 0.1) is 0 Å². The van der Waals surface area contributed by atoms with E-state index in [9.17, 15) is 9.59 Å². The molecule has 0 atom stereocenters. The molecule has 1 aliphatic heterocycles. The maximum atomic E-state index is 11.9. The molecule has 0 radical (unpaired) electrons. The quantitative estimate of drug-likeness (QED) is 0.733. The fraction of sp³-hybridized carbons (Fsp3) is 0.385. The SMILES string of the molecule is CC(C)(N)CNC(=O)c1ccc2c(c1)CC(=O)N2. The van der Waals surface area contributed by atoms with E-state index in [-0.39, 0.29) is 11.8 Å². The van der Waals surface area contributed by atoms with Gasteiger partial charge in [-0.15, -0.1) is 0 Å². The van der Waals surface area contributed by atoms with Gasteiger partial charge in [-0.1, -0.05) is 0 Å². The van der Waals surface area contributed by atoms with E-state index in [4.69, 9.17) is 5.73 Å². The van der Waals surface area contributed by atoms with E-state index in [2.05, 4.69) is 10.6 Å². The molecule has 0 saturated heterocycles. The number of hydrogen-bond acceptors (Lipinski definition) is 3. The lowest BCUT2D eigenvalue weighted by Gasteiger charge is -2.19. The van der Waals surface area contributed by atoms with Crippen molar-refractivity contribution in [3.05, 3.63) is 29.3 Å². The molecule has 1 aromatic carbocycles. The van der Waals surface area contributed by atoms with Gasteiger partial charge < -0.3 is 16.4 Å². The van der Waals surface area contributed by atoms with Crippen LogP contribution in [0.1, 0.15) is 29.8 Å². The first-order valence-electron chi connectivity index (χ1n) is 5.85. The largest absolute Gasteiger partial charge is 0.350 e. The van der Waals surface area contributed by atoms with Gasteiger partial charge >= 0.3 is 0 Å². The highest BCUT2D eigenvalue weighted by Crippen LogP contribution is 2.23. The maximum Gasteiger partial charge on any atom is 0.251 e. The number of amides is 2. The summed E-state index contributed by atoms with van der Waals surface area (Å²) in [7, 11) is 0. The fourth-order valence-electron chi connectivity index (χ4n) is 1.78. The van der Waals surface area contributed by atoms with E-state index in [1.807, 2.05) is 13.8 Å². The molecule has 0 bridgehead atoms. The minimum absolute atomic E-state index is 0.0364. The van der Waals surface area contributed by atoms with E-state index < -0.39 is 5.54 Å². The van der Waals surface area contributed by atoms with Crippen LogP contribution in [0.25, 0.3) is 0 Å². The molecule has 4 N–H and O–H groups in total. The molecule has 0 unspecified atom stereocenters. The number of carbonyl (C=O) groups is 2. The first kappa shape index (κ1) is 12.6. The minimum atomic E-state index is -0.441. The maximum absolute atomic E-state index is 11.9. The van der Waals surface area contributed by atoms with E-state index in [1.165, 1.54) is 0 Å². The second-order valence-corrected chi connectivity index (χ2v) is 5.27. The molecule has 1 heterocycles. The van der Waals surface area contributed by atoms with Crippen molar-refractivity contribution in [2.24, 2.45) is 5.73 Å². The normalized spacial score (nSPS) is 14.1. The minimum Gasteiger partial charge on any atom is -0.350 e. The topological polar surface area (TPSA) is 84.2 Å². The number of rotatable bonds is 3. The number of nitrogens with two attached hydrogens (primary N) is 1. The Morgan fingerprint density at radius 2 is 2.22 bits per heavy atom. The summed E-state index contributed by atoms with van der Waals surface area (Å²) in [5, 5.41) is 5.50. The molecule has 1 aromatic rings. The lowest BCUT2D eigenvalue weighted by Crippen LogP contribution is -2.45. The molecule has 0 spiro atoms. The summed E-state index contributed by atoms with van der Waals surface area (Å²) < 4.78 is 0. The standard InChI is InChI=1S/C13H17N3O2/c1-13(2,14)7-15-12(18)8-3-4-10-9(5-8)6-11(17)16-10/h3-5H,6-7,14H2,1-2H3,(H,15,18)(H,16,17). The number of carbonyl (C=O) groups excluding carboxylic acids is 2. The Morgan fingerprint density at radius 1 is 1.50 bits per heavy atom. The van der Waals surface area contributed by atoms with Gasteiger partial charge in [-0.25, -0.2) is 0 Å². The van der Waals surface area contributed by atoms with Crippen LogP contribution in [0.2, 0.25) is 0 Å². The highest BCUT2D eigenvalue weighted by Gasteiger charge is 2.19. The zero-order valence-corrected chi connectivity index (χ0v) is 10.5. The Morgan fingerprint density at radius 3 is 2.89 bits per heavy atom. The lowest BCUT2D eigenvalue weighted by molar-refractivity contribution is -0.115. The van der Waals surface area contributed by atoms with Gasteiger partial charge in [0.15, 0.2) is 0 Å². The Hall–Kier alpha value is -1.88. The van der Waals surface area contributed by atoms with Gasteiger partial charge in [0, 0.05) is 23.3 Å². The average molecular weight is 247 g/mol. The van der Waals surface area contributed by atoms with Crippen molar-refractivity contribution in [1.82, 2.24) is 5.32 Å². The third-order valence-electron chi connectivity index (χ3n) is 2.70. The predicted molar refractivity (Wildman–Crippen MR) is 69.4 cm³/mol. The van der Waals surface area contributed by atoms with Gasteiger partial charge in [0.25, 0.3) is 5.91 Å². The van der Waals surface area contributed by atoms with Crippen molar-refractivity contribution in [3.63, 3.8) is 0 Å². The van der Waals surface area contributed by atoms with Crippen molar-refractivity contribution in [1.29, 1.82) is 0 Å². The first-order chi connectivity index (χ1) is 8.35. The first-order valence-corrected chi connectivity index (χ1v) is 5.85. The van der Waals surface area contributed by atoms with E-state index in [1.54, 1.807) is 18.2 Å². The van der Waals surface area contributed by atoms with Crippen LogP contribution in [0.15, 0.2) is 18.2 Å². The van der Waals surface area contributed by atoms with Gasteiger partial charge in [0.1, 0.15) is 0 Å². The summed E-state index contributed by atoms with van der Waals surface area (Å²) in [4.78, 5) is 23.1. The van der Waals surface area contributed by atoms with Crippen molar-refractivity contribution < 1.29 is 9.59 Å². The molecule has 1 aliphatic rings. The van der Waals surface area contributed by atoms with E-state index in [0.717, 1.165) is 11.3 Å². The molecular formula is C13H17N3O2. The molecule has 0 fully saturated rings. The molecule has 0 aliphatic carbocycles. The fourth-order valence-corrected chi connectivity index (χ4v) is 1.78. The molecule has 0 aromatic heterocycles. The molecule has 5 heteroatoms. The van der Waals surface area contributed by atoms with Crippen molar-refractivity contribution >= 4 is 17.5 Å². The van der Waals surface area contributed by atoms with Crippen LogP contribution < -0.4 is 16.4 Å². The number of nitrogens with one attached hydrogen (secondary N) is 2. The summed E-state index contributed by atoms with van der Waals surface area (Å²) in [6.45, 7) is 4.09. The van der Waals surface area contributed by atoms with Gasteiger partial charge in [0.05, 0.1) is 6.42 Å². The Balaban J connectivity index is 2.08. The third kappa shape index (κ3) is 2.87. The van der Waals surface area contributed by atoms with Crippen molar-refractivity contribution in [2.45, 2.75) is 25.8 Å². The summed E-state index contributed by atoms with van der Waals surface area (Å²) in [5.41, 5.74) is 7.56. The lowest BCUT2D eigenvalue weighted by atomic mass is 10.1. The van der Waals surface area contributed by atoms with Gasteiger partial charge in [-0.3, -0.25) is 9.59 Å². The van der Waals surface area contributed by atoms with Gasteiger partial charge in [-0.05, 0) is 37.6 Å². The van der Waals surface area contributed by atoms with Crippen LogP contribution in [-0.4, -0.2) is 23.9 Å².